The van der Waals surface area contributed by atoms with Gasteiger partial charge >= 0.3 is 0 Å². The summed E-state index contributed by atoms with van der Waals surface area (Å²) < 4.78 is 0. The second-order valence-corrected chi connectivity index (χ2v) is 3.28. The van der Waals surface area contributed by atoms with Crippen molar-refractivity contribution in [2.24, 2.45) is 0 Å². The molecule has 0 aliphatic rings. The van der Waals surface area contributed by atoms with Gasteiger partial charge in [-0.1, -0.05) is 0 Å². The van der Waals surface area contributed by atoms with E-state index in [0.717, 1.165) is 0 Å². The first kappa shape index (κ1) is 9.15. The fourth-order valence-corrected chi connectivity index (χ4v) is 0. The van der Waals surface area contributed by atoms with Crippen molar-refractivity contribution >= 4 is 18.9 Å². The molecular formula is C2H11OPSi. The van der Waals surface area contributed by atoms with Crippen LogP contribution in [0.5, 0.6) is 0 Å². The Morgan fingerprint density at radius 2 is 1.40 bits per heavy atom. The van der Waals surface area contributed by atoms with E-state index in [-0.39, 0.29) is 9.90 Å². The first-order chi connectivity index (χ1) is 1.73. The third-order valence-electron chi connectivity index (χ3n) is 0. The molecule has 0 aromatic carbocycles. The van der Waals surface area contributed by atoms with Crippen molar-refractivity contribution in [3.8, 4) is 0 Å². The highest BCUT2D eigenvalue weighted by atomic mass is 31.0. The van der Waals surface area contributed by atoms with Gasteiger partial charge in [-0.2, -0.15) is 9.90 Å². The Kier molecular flexibility index (Phi) is 8.43. The predicted molar refractivity (Wildman–Crippen MR) is 32.2 cm³/mol. The summed E-state index contributed by atoms with van der Waals surface area (Å²) >= 11 is 0. The maximum absolute atomic E-state index is 8.19. The van der Waals surface area contributed by atoms with Crippen LogP contribution in [0.15, 0.2) is 0 Å². The zero-order chi connectivity index (χ0) is 3.58. The van der Waals surface area contributed by atoms with Crippen LogP contribution in [0.3, 0.4) is 0 Å². The van der Waals surface area contributed by atoms with Crippen molar-refractivity contribution in [1.82, 2.24) is 0 Å². The Hall–Kier alpha value is 0.607. The zero-order valence-corrected chi connectivity index (χ0v) is 6.30. The molecule has 0 radical (unpaired) electrons. The van der Waals surface area contributed by atoms with Crippen molar-refractivity contribution in [1.29, 1.82) is 0 Å². The molecule has 0 amide bonds. The van der Waals surface area contributed by atoms with Crippen LogP contribution in [-0.4, -0.2) is 13.8 Å². The average molecular weight is 110 g/mol. The van der Waals surface area contributed by atoms with Crippen LogP contribution in [-0.2, 0) is 0 Å². The molecule has 0 aliphatic carbocycles. The highest BCUT2D eigenvalue weighted by Gasteiger charge is 1.74. The fraction of sp³-hybridized carbons (Fsp3) is 1.00. The number of hydrogen-bond acceptors (Lipinski definition) is 1. The maximum Gasteiger partial charge on any atom is 0.166 e. The Morgan fingerprint density at radius 1 is 1.40 bits per heavy atom. The van der Waals surface area contributed by atoms with E-state index in [1.165, 1.54) is 0 Å². The summed E-state index contributed by atoms with van der Waals surface area (Å²) in [4.78, 5) is 8.19. The van der Waals surface area contributed by atoms with E-state index >= 15 is 0 Å². The summed E-state index contributed by atoms with van der Waals surface area (Å²) in [5, 5.41) is 0. The van der Waals surface area contributed by atoms with E-state index in [1.54, 1.807) is 0 Å². The molecule has 1 nitrogen and oxygen atoms in total. The minimum absolute atomic E-state index is 0. The summed E-state index contributed by atoms with van der Waals surface area (Å²) in [5.74, 6) is 0. The smallest absolute Gasteiger partial charge is 0.166 e. The molecule has 0 aliphatic heterocycles. The molecular weight excluding hydrogens is 99.1 g/mol. The standard InChI is InChI=1S/C2H8OSi.H3P/c1-4(2)3;/h3-4H,1-2H3;1H3. The highest BCUT2D eigenvalue weighted by molar-refractivity contribution is 6.92. The third kappa shape index (κ3) is 85.0. The average Bonchev–Trinajstić information content (AvgIpc) is 0.811. The topological polar surface area (TPSA) is 20.2 Å². The molecule has 1 atom stereocenters. The lowest BCUT2D eigenvalue weighted by atomic mass is 11.9. The van der Waals surface area contributed by atoms with Gasteiger partial charge in [0.05, 0.1) is 0 Å². The molecule has 3 heteroatoms. The van der Waals surface area contributed by atoms with Gasteiger partial charge in [0.15, 0.2) is 9.04 Å². The summed E-state index contributed by atoms with van der Waals surface area (Å²) in [6.45, 7) is 3.72. The lowest BCUT2D eigenvalue weighted by molar-refractivity contribution is 0.587. The molecule has 0 saturated carbocycles. The molecule has 34 valence electrons. The second-order valence-electron chi connectivity index (χ2n) is 1.09. The highest BCUT2D eigenvalue weighted by Crippen LogP contribution is 1.60. The monoisotopic (exact) mass is 110 g/mol. The zero-order valence-electron chi connectivity index (χ0n) is 3.73. The molecule has 0 fully saturated rings. The predicted octanol–water partition coefficient (Wildman–Crippen LogP) is 0.0202. The van der Waals surface area contributed by atoms with E-state index in [9.17, 15) is 0 Å². The Labute approximate surface area is 37.8 Å². The van der Waals surface area contributed by atoms with Crippen LogP contribution < -0.4 is 0 Å². The van der Waals surface area contributed by atoms with Gasteiger partial charge in [0.25, 0.3) is 0 Å². The summed E-state index contributed by atoms with van der Waals surface area (Å²) in [5.41, 5.74) is 0. The fourth-order valence-electron chi connectivity index (χ4n) is 0. The normalized spacial score (nSPS) is 7.20. The van der Waals surface area contributed by atoms with Crippen molar-refractivity contribution in [3.63, 3.8) is 0 Å². The van der Waals surface area contributed by atoms with Crippen LogP contribution in [0.25, 0.3) is 0 Å². The van der Waals surface area contributed by atoms with Gasteiger partial charge in [-0.3, -0.25) is 0 Å². The van der Waals surface area contributed by atoms with Gasteiger partial charge in [-0.05, 0) is 13.1 Å². The van der Waals surface area contributed by atoms with Gasteiger partial charge in [0.1, 0.15) is 0 Å². The van der Waals surface area contributed by atoms with Crippen LogP contribution in [0, 0.1) is 0 Å². The quantitative estimate of drug-likeness (QED) is 0.344. The van der Waals surface area contributed by atoms with Crippen molar-refractivity contribution < 1.29 is 4.80 Å². The molecule has 5 heavy (non-hydrogen) atoms. The first-order valence-corrected chi connectivity index (χ1v) is 4.24. The molecule has 0 aromatic rings. The molecule has 0 bridgehead atoms. The Balaban J connectivity index is 0. The van der Waals surface area contributed by atoms with Gasteiger partial charge in [-0.15, -0.1) is 0 Å². The SMILES string of the molecule is C[SiH](C)O.P. The Morgan fingerprint density at radius 3 is 1.40 bits per heavy atom. The molecule has 0 spiro atoms. The minimum Gasteiger partial charge on any atom is -0.435 e. The van der Waals surface area contributed by atoms with Gasteiger partial charge in [-0.25, -0.2) is 0 Å². The maximum atomic E-state index is 8.19. The molecule has 0 rings (SSSR count). The third-order valence-corrected chi connectivity index (χ3v) is 0. The molecule has 1 N–H and O–H groups in total. The van der Waals surface area contributed by atoms with Crippen molar-refractivity contribution in [2.75, 3.05) is 0 Å². The minimum atomic E-state index is -1.14. The molecule has 1 unspecified atom stereocenters. The first-order valence-electron chi connectivity index (χ1n) is 1.41. The van der Waals surface area contributed by atoms with E-state index < -0.39 is 9.04 Å². The van der Waals surface area contributed by atoms with Gasteiger partial charge in [0, 0.05) is 0 Å². The van der Waals surface area contributed by atoms with Crippen LogP contribution >= 0.6 is 9.90 Å². The summed E-state index contributed by atoms with van der Waals surface area (Å²) in [6.07, 6.45) is 0. The number of rotatable bonds is 0. The van der Waals surface area contributed by atoms with E-state index in [1.807, 2.05) is 13.1 Å². The van der Waals surface area contributed by atoms with Crippen LogP contribution in [0.1, 0.15) is 0 Å². The lowest BCUT2D eigenvalue weighted by Gasteiger charge is -1.76. The largest absolute Gasteiger partial charge is 0.435 e. The number of hydrogen-bond donors (Lipinski definition) is 1. The summed E-state index contributed by atoms with van der Waals surface area (Å²) in [7, 11) is -1.14. The van der Waals surface area contributed by atoms with Crippen LogP contribution in [0.4, 0.5) is 0 Å². The molecule has 0 heterocycles. The van der Waals surface area contributed by atoms with E-state index in [2.05, 4.69) is 0 Å². The van der Waals surface area contributed by atoms with Gasteiger partial charge in [0.2, 0.25) is 0 Å². The van der Waals surface area contributed by atoms with Crippen molar-refractivity contribution in [3.05, 3.63) is 0 Å². The lowest BCUT2D eigenvalue weighted by Crippen LogP contribution is -1.93. The second kappa shape index (κ2) is 4.61. The molecule has 0 saturated heterocycles. The van der Waals surface area contributed by atoms with Crippen LogP contribution in [0.2, 0.25) is 13.1 Å². The van der Waals surface area contributed by atoms with Gasteiger partial charge < -0.3 is 4.80 Å². The van der Waals surface area contributed by atoms with E-state index in [0.29, 0.717) is 0 Å². The van der Waals surface area contributed by atoms with Crippen molar-refractivity contribution in [2.45, 2.75) is 13.1 Å². The Bertz CT molecular complexity index is 14.4. The summed E-state index contributed by atoms with van der Waals surface area (Å²) in [6, 6.07) is 0. The van der Waals surface area contributed by atoms with E-state index in [4.69, 9.17) is 4.80 Å². The molecule has 0 aromatic heterocycles.